The number of hydrogen-bond acceptors (Lipinski definition) is 4. The molecular weight excluding hydrogens is 363 g/mol. The van der Waals surface area contributed by atoms with Crippen LogP contribution in [0.4, 0.5) is 15.8 Å². The van der Waals surface area contributed by atoms with Gasteiger partial charge in [-0.2, -0.15) is 0 Å². The van der Waals surface area contributed by atoms with Crippen LogP contribution in [-0.4, -0.2) is 14.7 Å². The number of benzene rings is 3. The molecule has 0 aliphatic rings. The summed E-state index contributed by atoms with van der Waals surface area (Å²) in [6.45, 7) is 1.12. The molecule has 0 aromatic heterocycles. The van der Waals surface area contributed by atoms with E-state index in [0.29, 0.717) is 18.0 Å². The largest absolute Gasteiger partial charge is 0.381 e. The lowest BCUT2D eigenvalue weighted by Crippen LogP contribution is -2.03. The van der Waals surface area contributed by atoms with Crippen LogP contribution in [0, 0.1) is 5.82 Å². The Morgan fingerprint density at radius 2 is 1.37 bits per heavy atom. The summed E-state index contributed by atoms with van der Waals surface area (Å²) < 4.78 is 36.2. The predicted molar refractivity (Wildman–Crippen MR) is 107 cm³/mol. The van der Waals surface area contributed by atoms with Gasteiger partial charge < -0.3 is 10.6 Å². The Morgan fingerprint density at radius 1 is 0.778 bits per heavy atom. The van der Waals surface area contributed by atoms with Gasteiger partial charge in [0.15, 0.2) is 9.84 Å². The number of halogens is 1. The predicted octanol–water partition coefficient (Wildman–Crippen LogP) is 4.45. The maximum absolute atomic E-state index is 13.2. The van der Waals surface area contributed by atoms with Gasteiger partial charge in [-0.05, 0) is 53.6 Å². The van der Waals surface area contributed by atoms with E-state index in [0.717, 1.165) is 22.5 Å². The lowest BCUT2D eigenvalue weighted by Gasteiger charge is -2.11. The molecule has 3 aromatic carbocycles. The molecule has 0 radical (unpaired) electrons. The molecule has 27 heavy (non-hydrogen) atoms. The van der Waals surface area contributed by atoms with Gasteiger partial charge in [0.1, 0.15) is 5.82 Å². The monoisotopic (exact) mass is 384 g/mol. The second-order valence-electron chi connectivity index (χ2n) is 6.33. The second kappa shape index (κ2) is 8.22. The van der Waals surface area contributed by atoms with E-state index in [1.165, 1.54) is 18.4 Å². The first-order valence-electron chi connectivity index (χ1n) is 8.51. The summed E-state index contributed by atoms with van der Waals surface area (Å²) in [4.78, 5) is 0.315. The van der Waals surface area contributed by atoms with Crippen molar-refractivity contribution in [1.29, 1.82) is 0 Å². The molecule has 0 aliphatic heterocycles. The highest BCUT2D eigenvalue weighted by Gasteiger charge is 2.06. The van der Waals surface area contributed by atoms with E-state index in [-0.39, 0.29) is 5.82 Å². The van der Waals surface area contributed by atoms with Gasteiger partial charge in [0.2, 0.25) is 0 Å². The fraction of sp³-hybridized carbons (Fsp3) is 0.143. The van der Waals surface area contributed by atoms with Crippen molar-refractivity contribution < 1.29 is 12.8 Å². The van der Waals surface area contributed by atoms with Crippen LogP contribution in [0.15, 0.2) is 77.7 Å². The fourth-order valence-corrected chi connectivity index (χ4v) is 3.28. The SMILES string of the molecule is CS(=O)(=O)c1ccc(CNc2cccc(NCc3cccc(F)c3)c2)cc1. The number of anilines is 2. The first-order chi connectivity index (χ1) is 12.9. The third-order valence-electron chi connectivity index (χ3n) is 4.10. The highest BCUT2D eigenvalue weighted by Crippen LogP contribution is 2.18. The van der Waals surface area contributed by atoms with Crippen molar-refractivity contribution in [3.8, 4) is 0 Å². The zero-order valence-electron chi connectivity index (χ0n) is 14.9. The van der Waals surface area contributed by atoms with Crippen LogP contribution in [0.25, 0.3) is 0 Å². The highest BCUT2D eigenvalue weighted by molar-refractivity contribution is 7.90. The van der Waals surface area contributed by atoms with Crippen LogP contribution < -0.4 is 10.6 Å². The normalized spacial score (nSPS) is 11.2. The summed E-state index contributed by atoms with van der Waals surface area (Å²) in [6.07, 6.45) is 1.20. The molecule has 0 aliphatic carbocycles. The molecule has 2 N–H and O–H groups in total. The Hall–Kier alpha value is -2.86. The van der Waals surface area contributed by atoms with E-state index in [2.05, 4.69) is 10.6 Å². The van der Waals surface area contributed by atoms with Gasteiger partial charge in [0.05, 0.1) is 4.90 Å². The number of rotatable bonds is 7. The summed E-state index contributed by atoms with van der Waals surface area (Å²) in [5.74, 6) is -0.244. The zero-order valence-corrected chi connectivity index (χ0v) is 15.8. The smallest absolute Gasteiger partial charge is 0.175 e. The van der Waals surface area contributed by atoms with Crippen molar-refractivity contribution in [2.75, 3.05) is 16.9 Å². The van der Waals surface area contributed by atoms with Crippen LogP contribution in [0.2, 0.25) is 0 Å². The molecule has 140 valence electrons. The minimum atomic E-state index is -3.18. The van der Waals surface area contributed by atoms with Gasteiger partial charge in [-0.25, -0.2) is 12.8 Å². The average Bonchev–Trinajstić information content (AvgIpc) is 2.65. The Balaban J connectivity index is 1.59. The minimum absolute atomic E-state index is 0.244. The first-order valence-corrected chi connectivity index (χ1v) is 10.4. The van der Waals surface area contributed by atoms with E-state index in [4.69, 9.17) is 0 Å². The van der Waals surface area contributed by atoms with E-state index in [1.54, 1.807) is 30.3 Å². The van der Waals surface area contributed by atoms with Gasteiger partial charge in [-0.1, -0.05) is 30.3 Å². The molecule has 0 amide bonds. The molecule has 3 aromatic rings. The highest BCUT2D eigenvalue weighted by atomic mass is 32.2. The van der Waals surface area contributed by atoms with E-state index in [1.807, 2.05) is 30.3 Å². The third-order valence-corrected chi connectivity index (χ3v) is 5.22. The van der Waals surface area contributed by atoms with Gasteiger partial charge in [0.25, 0.3) is 0 Å². The van der Waals surface area contributed by atoms with Crippen molar-refractivity contribution in [3.05, 3.63) is 89.7 Å². The van der Waals surface area contributed by atoms with Crippen molar-refractivity contribution in [3.63, 3.8) is 0 Å². The molecule has 0 fully saturated rings. The summed E-state index contributed by atoms with van der Waals surface area (Å²) in [6, 6.07) is 21.2. The number of nitrogens with one attached hydrogen (secondary N) is 2. The molecule has 0 unspecified atom stereocenters. The topological polar surface area (TPSA) is 58.2 Å². The number of hydrogen-bond donors (Lipinski definition) is 2. The van der Waals surface area contributed by atoms with Crippen molar-refractivity contribution in [1.82, 2.24) is 0 Å². The van der Waals surface area contributed by atoms with E-state index >= 15 is 0 Å². The lowest BCUT2D eigenvalue weighted by molar-refractivity contribution is 0.602. The molecular formula is C21H21FN2O2S. The Labute approximate surface area is 159 Å². The Kier molecular flexibility index (Phi) is 5.76. The molecule has 4 nitrogen and oxygen atoms in total. The average molecular weight is 384 g/mol. The molecule has 0 atom stereocenters. The quantitative estimate of drug-likeness (QED) is 0.632. The first kappa shape index (κ1) is 18.9. The minimum Gasteiger partial charge on any atom is -0.381 e. The lowest BCUT2D eigenvalue weighted by atomic mass is 10.2. The zero-order chi connectivity index (χ0) is 19.3. The van der Waals surface area contributed by atoms with E-state index < -0.39 is 9.84 Å². The molecule has 6 heteroatoms. The third kappa shape index (κ3) is 5.56. The molecule has 0 saturated carbocycles. The van der Waals surface area contributed by atoms with Gasteiger partial charge in [0, 0.05) is 30.7 Å². The van der Waals surface area contributed by atoms with Gasteiger partial charge >= 0.3 is 0 Å². The summed E-state index contributed by atoms with van der Waals surface area (Å²) >= 11 is 0. The van der Waals surface area contributed by atoms with E-state index in [9.17, 15) is 12.8 Å². The Morgan fingerprint density at radius 3 is 1.96 bits per heavy atom. The standard InChI is InChI=1S/C21H21FN2O2S/c1-27(25,26)21-10-8-16(9-11-21)14-23-19-6-3-7-20(13-19)24-15-17-4-2-5-18(22)12-17/h2-13,23-24H,14-15H2,1H3. The number of sulfone groups is 1. The summed E-state index contributed by atoms with van der Waals surface area (Å²) in [5.41, 5.74) is 3.72. The maximum Gasteiger partial charge on any atom is 0.175 e. The van der Waals surface area contributed by atoms with Crippen molar-refractivity contribution in [2.24, 2.45) is 0 Å². The van der Waals surface area contributed by atoms with Crippen molar-refractivity contribution in [2.45, 2.75) is 18.0 Å². The summed E-state index contributed by atoms with van der Waals surface area (Å²) in [5, 5.41) is 6.59. The molecule has 0 saturated heterocycles. The fourth-order valence-electron chi connectivity index (χ4n) is 2.65. The molecule has 0 spiro atoms. The van der Waals surface area contributed by atoms with Crippen LogP contribution in [0.5, 0.6) is 0 Å². The van der Waals surface area contributed by atoms with Crippen LogP contribution in [0.3, 0.4) is 0 Å². The molecule has 0 bridgehead atoms. The van der Waals surface area contributed by atoms with Crippen LogP contribution >= 0.6 is 0 Å². The van der Waals surface area contributed by atoms with Crippen LogP contribution in [0.1, 0.15) is 11.1 Å². The van der Waals surface area contributed by atoms with Gasteiger partial charge in [-0.15, -0.1) is 0 Å². The van der Waals surface area contributed by atoms with Crippen LogP contribution in [-0.2, 0) is 22.9 Å². The molecule has 3 rings (SSSR count). The maximum atomic E-state index is 13.2. The second-order valence-corrected chi connectivity index (χ2v) is 8.35. The molecule has 0 heterocycles. The Bertz CT molecular complexity index is 1020. The van der Waals surface area contributed by atoms with Crippen molar-refractivity contribution >= 4 is 21.2 Å². The summed E-state index contributed by atoms with van der Waals surface area (Å²) in [7, 11) is -3.18. The van der Waals surface area contributed by atoms with Gasteiger partial charge in [-0.3, -0.25) is 0 Å².